The van der Waals surface area contributed by atoms with Crippen molar-refractivity contribution in [3.63, 3.8) is 0 Å². The van der Waals surface area contributed by atoms with Crippen LogP contribution < -0.4 is 4.74 Å². The molecule has 3 rings (SSSR count). The molecule has 2 aliphatic heterocycles. The quantitative estimate of drug-likeness (QED) is 0.555. The standard InChI is InChI=1S/C9H8O2/c1-2-4-8-6(3-1)7-5-10-9(7)11-8/h1-4,7,9H,5H2. The van der Waals surface area contributed by atoms with Crippen LogP contribution in [0.3, 0.4) is 0 Å². The van der Waals surface area contributed by atoms with Crippen LogP contribution in [0.15, 0.2) is 24.3 Å². The Morgan fingerprint density at radius 3 is 3.00 bits per heavy atom. The predicted octanol–water partition coefficient (Wildman–Crippen LogP) is 1.52. The number of rotatable bonds is 0. The van der Waals surface area contributed by atoms with Gasteiger partial charge in [-0.3, -0.25) is 0 Å². The van der Waals surface area contributed by atoms with E-state index in [1.54, 1.807) is 0 Å². The van der Waals surface area contributed by atoms with Gasteiger partial charge in [0.1, 0.15) is 5.75 Å². The molecule has 2 heterocycles. The molecule has 0 spiro atoms. The van der Waals surface area contributed by atoms with Gasteiger partial charge in [-0.2, -0.15) is 0 Å². The van der Waals surface area contributed by atoms with Gasteiger partial charge >= 0.3 is 0 Å². The van der Waals surface area contributed by atoms with Crippen LogP contribution in [-0.4, -0.2) is 12.9 Å². The highest BCUT2D eigenvalue weighted by Crippen LogP contribution is 2.43. The first kappa shape index (κ1) is 5.61. The van der Waals surface area contributed by atoms with Gasteiger partial charge in [0.15, 0.2) is 0 Å². The Balaban J connectivity index is 2.14. The van der Waals surface area contributed by atoms with Crippen LogP contribution in [-0.2, 0) is 4.74 Å². The zero-order chi connectivity index (χ0) is 7.26. The second kappa shape index (κ2) is 1.77. The highest BCUT2D eigenvalue weighted by molar-refractivity contribution is 5.41. The SMILES string of the molecule is c1ccc2c(c1)OC1OCC21. The summed E-state index contributed by atoms with van der Waals surface area (Å²) >= 11 is 0. The molecule has 0 amide bonds. The molecule has 1 aromatic carbocycles. The van der Waals surface area contributed by atoms with Crippen molar-refractivity contribution in [2.45, 2.75) is 12.2 Å². The third kappa shape index (κ3) is 0.601. The van der Waals surface area contributed by atoms with E-state index in [1.807, 2.05) is 18.2 Å². The van der Waals surface area contributed by atoms with E-state index in [1.165, 1.54) is 5.56 Å². The predicted molar refractivity (Wildman–Crippen MR) is 39.6 cm³/mol. The second-order valence-electron chi connectivity index (χ2n) is 2.96. The summed E-state index contributed by atoms with van der Waals surface area (Å²) in [6.45, 7) is 0.821. The second-order valence-corrected chi connectivity index (χ2v) is 2.96. The smallest absolute Gasteiger partial charge is 0.209 e. The molecule has 0 aromatic heterocycles. The van der Waals surface area contributed by atoms with E-state index in [0.29, 0.717) is 5.92 Å². The fourth-order valence-corrected chi connectivity index (χ4v) is 1.64. The van der Waals surface area contributed by atoms with Gasteiger partial charge in [0.05, 0.1) is 12.5 Å². The first-order valence-corrected chi connectivity index (χ1v) is 3.82. The molecule has 2 unspecified atom stereocenters. The molecule has 1 aromatic rings. The molecule has 1 saturated heterocycles. The van der Waals surface area contributed by atoms with E-state index in [9.17, 15) is 0 Å². The summed E-state index contributed by atoms with van der Waals surface area (Å²) in [7, 11) is 0. The van der Waals surface area contributed by atoms with Crippen molar-refractivity contribution in [1.82, 2.24) is 0 Å². The zero-order valence-corrected chi connectivity index (χ0v) is 5.99. The lowest BCUT2D eigenvalue weighted by Gasteiger charge is -2.28. The van der Waals surface area contributed by atoms with Gasteiger partial charge in [-0.15, -0.1) is 0 Å². The Hall–Kier alpha value is -1.02. The largest absolute Gasteiger partial charge is 0.464 e. The topological polar surface area (TPSA) is 18.5 Å². The van der Waals surface area contributed by atoms with Gasteiger partial charge in [0, 0.05) is 5.56 Å². The number of hydrogen-bond acceptors (Lipinski definition) is 2. The lowest BCUT2D eigenvalue weighted by Crippen LogP contribution is -2.36. The van der Waals surface area contributed by atoms with Crippen LogP contribution in [0.5, 0.6) is 5.75 Å². The van der Waals surface area contributed by atoms with E-state index in [-0.39, 0.29) is 6.29 Å². The van der Waals surface area contributed by atoms with Crippen LogP contribution >= 0.6 is 0 Å². The maximum Gasteiger partial charge on any atom is 0.209 e. The molecule has 1 fully saturated rings. The minimum atomic E-state index is 0.0207. The van der Waals surface area contributed by atoms with E-state index < -0.39 is 0 Å². The third-order valence-corrected chi connectivity index (χ3v) is 2.33. The number of para-hydroxylation sites is 1. The molecular weight excluding hydrogens is 140 g/mol. The van der Waals surface area contributed by atoms with E-state index in [0.717, 1.165) is 12.4 Å². The number of hydrogen-bond donors (Lipinski definition) is 0. The molecular formula is C9H8O2. The summed E-state index contributed by atoms with van der Waals surface area (Å²) < 4.78 is 10.7. The maximum atomic E-state index is 5.48. The van der Waals surface area contributed by atoms with Crippen LogP contribution in [0.1, 0.15) is 11.5 Å². The van der Waals surface area contributed by atoms with Crippen molar-refractivity contribution in [2.75, 3.05) is 6.61 Å². The Bertz CT molecular complexity index is 295. The molecule has 0 N–H and O–H groups in total. The van der Waals surface area contributed by atoms with Crippen LogP contribution in [0.25, 0.3) is 0 Å². The lowest BCUT2D eigenvalue weighted by molar-refractivity contribution is -0.168. The normalized spacial score (nSPS) is 31.6. The highest BCUT2D eigenvalue weighted by Gasteiger charge is 2.42. The Morgan fingerprint density at radius 2 is 2.18 bits per heavy atom. The fraction of sp³-hybridized carbons (Fsp3) is 0.333. The van der Waals surface area contributed by atoms with Gasteiger partial charge in [-0.25, -0.2) is 0 Å². The monoisotopic (exact) mass is 148 g/mol. The molecule has 2 nitrogen and oxygen atoms in total. The van der Waals surface area contributed by atoms with E-state index >= 15 is 0 Å². The Labute approximate surface area is 64.7 Å². The summed E-state index contributed by atoms with van der Waals surface area (Å²) in [6.07, 6.45) is 0.0207. The molecule has 2 aliphatic rings. The number of benzene rings is 1. The van der Waals surface area contributed by atoms with Gasteiger partial charge in [0.2, 0.25) is 6.29 Å². The van der Waals surface area contributed by atoms with Crippen molar-refractivity contribution >= 4 is 0 Å². The van der Waals surface area contributed by atoms with Gasteiger partial charge in [0.25, 0.3) is 0 Å². The number of ether oxygens (including phenoxy) is 2. The average Bonchev–Trinajstić information content (AvgIpc) is 2.23. The van der Waals surface area contributed by atoms with Crippen LogP contribution in [0.4, 0.5) is 0 Å². The summed E-state index contributed by atoms with van der Waals surface area (Å²) in [4.78, 5) is 0. The first-order valence-electron chi connectivity index (χ1n) is 3.82. The van der Waals surface area contributed by atoms with E-state index in [4.69, 9.17) is 9.47 Å². The van der Waals surface area contributed by atoms with Crippen LogP contribution in [0, 0.1) is 0 Å². The first-order chi connectivity index (χ1) is 5.45. The Morgan fingerprint density at radius 1 is 1.27 bits per heavy atom. The van der Waals surface area contributed by atoms with Gasteiger partial charge < -0.3 is 9.47 Å². The maximum absolute atomic E-state index is 5.48. The number of fused-ring (bicyclic) bond motifs is 3. The summed E-state index contributed by atoms with van der Waals surface area (Å²) in [5.74, 6) is 1.51. The van der Waals surface area contributed by atoms with Crippen molar-refractivity contribution in [3.8, 4) is 5.75 Å². The molecule has 11 heavy (non-hydrogen) atoms. The van der Waals surface area contributed by atoms with Crippen molar-refractivity contribution in [3.05, 3.63) is 29.8 Å². The van der Waals surface area contributed by atoms with Crippen LogP contribution in [0.2, 0.25) is 0 Å². The minimum absolute atomic E-state index is 0.0207. The van der Waals surface area contributed by atoms with Crippen molar-refractivity contribution < 1.29 is 9.47 Å². The average molecular weight is 148 g/mol. The summed E-state index contributed by atoms with van der Waals surface area (Å²) in [5, 5.41) is 0. The summed E-state index contributed by atoms with van der Waals surface area (Å²) in [6, 6.07) is 8.14. The van der Waals surface area contributed by atoms with Gasteiger partial charge in [-0.05, 0) is 6.07 Å². The molecule has 56 valence electrons. The minimum Gasteiger partial charge on any atom is -0.464 e. The molecule has 0 bridgehead atoms. The molecule has 0 radical (unpaired) electrons. The highest BCUT2D eigenvalue weighted by atomic mass is 16.7. The molecule has 2 atom stereocenters. The van der Waals surface area contributed by atoms with Crippen molar-refractivity contribution in [2.24, 2.45) is 0 Å². The lowest BCUT2D eigenvalue weighted by atomic mass is 9.98. The molecule has 0 aliphatic carbocycles. The Kier molecular flexibility index (Phi) is 0.902. The molecule has 0 saturated carbocycles. The fourth-order valence-electron chi connectivity index (χ4n) is 1.64. The van der Waals surface area contributed by atoms with Crippen molar-refractivity contribution in [1.29, 1.82) is 0 Å². The summed E-state index contributed by atoms with van der Waals surface area (Å²) in [5.41, 5.74) is 1.31. The third-order valence-electron chi connectivity index (χ3n) is 2.33. The molecule has 2 heteroatoms. The van der Waals surface area contributed by atoms with E-state index in [2.05, 4.69) is 6.07 Å². The van der Waals surface area contributed by atoms with Gasteiger partial charge in [-0.1, -0.05) is 18.2 Å². The zero-order valence-electron chi connectivity index (χ0n) is 5.99.